The zero-order valence-corrected chi connectivity index (χ0v) is 13.4. The van der Waals surface area contributed by atoms with Crippen LogP contribution in [-0.2, 0) is 10.2 Å². The number of nitrogens with two attached hydrogens (primary N) is 1. The monoisotopic (exact) mass is 357 g/mol. The summed E-state index contributed by atoms with van der Waals surface area (Å²) in [7, 11) is 1.59. The van der Waals surface area contributed by atoms with Crippen molar-refractivity contribution >= 4 is 39.2 Å². The average molecular weight is 358 g/mol. The van der Waals surface area contributed by atoms with E-state index in [0.29, 0.717) is 12.8 Å². The van der Waals surface area contributed by atoms with Crippen molar-refractivity contribution in [1.29, 1.82) is 0 Å². The second-order valence-corrected chi connectivity index (χ2v) is 6.33. The van der Waals surface area contributed by atoms with Crippen molar-refractivity contribution in [3.63, 3.8) is 0 Å². The van der Waals surface area contributed by atoms with E-state index in [1.807, 2.05) is 24.3 Å². The predicted octanol–water partition coefficient (Wildman–Crippen LogP) is 1.05. The van der Waals surface area contributed by atoms with Crippen LogP contribution in [0, 0.1) is 0 Å². The van der Waals surface area contributed by atoms with Crippen LogP contribution in [0.5, 0.6) is 0 Å². The predicted molar refractivity (Wildman–Crippen MR) is 83.8 cm³/mol. The van der Waals surface area contributed by atoms with Crippen LogP contribution in [0.4, 0.5) is 0 Å². The lowest BCUT2D eigenvalue weighted by molar-refractivity contribution is -0.138. The van der Waals surface area contributed by atoms with Gasteiger partial charge in [-0.2, -0.15) is 0 Å². The van der Waals surface area contributed by atoms with Gasteiger partial charge in [-0.05, 0) is 42.8 Å². The van der Waals surface area contributed by atoms with Gasteiger partial charge >= 0.3 is 0 Å². The molecule has 1 aromatic carbocycles. The largest absolute Gasteiger partial charge is 0.393 e. The molecule has 1 aromatic rings. The number of benzene rings is 1. The minimum atomic E-state index is -0.734. The van der Waals surface area contributed by atoms with Crippen molar-refractivity contribution in [1.82, 2.24) is 10.4 Å². The Morgan fingerprint density at radius 1 is 1.60 bits per heavy atom. The Labute approximate surface area is 131 Å². The molecule has 108 valence electrons. The molecule has 7 heteroatoms. The van der Waals surface area contributed by atoms with E-state index in [1.54, 1.807) is 7.05 Å². The number of aliphatic hydroxyl groups is 1. The molecule has 1 aliphatic rings. The minimum absolute atomic E-state index is 0.0858. The fourth-order valence-corrected chi connectivity index (χ4v) is 2.84. The van der Waals surface area contributed by atoms with Crippen LogP contribution >= 0.6 is 28.1 Å². The number of hydrazine groups is 1. The molecule has 0 saturated heterocycles. The maximum atomic E-state index is 12.5. The van der Waals surface area contributed by atoms with Crippen LogP contribution in [0.3, 0.4) is 0 Å². The first-order valence-electron chi connectivity index (χ1n) is 6.13. The third-order valence-electron chi connectivity index (χ3n) is 3.58. The maximum absolute atomic E-state index is 12.5. The Hall–Kier alpha value is -1.18. The zero-order valence-electron chi connectivity index (χ0n) is 11.0. The van der Waals surface area contributed by atoms with E-state index >= 15 is 0 Å². The number of hydrogen-bond donors (Lipinski definition) is 3. The molecule has 1 amide bonds. The quantitative estimate of drug-likeness (QED) is 0.544. The van der Waals surface area contributed by atoms with E-state index in [2.05, 4.69) is 21.4 Å². The van der Waals surface area contributed by atoms with E-state index in [1.165, 1.54) is 5.01 Å². The van der Waals surface area contributed by atoms with Gasteiger partial charge in [-0.1, -0.05) is 28.1 Å². The number of halogens is 1. The van der Waals surface area contributed by atoms with Gasteiger partial charge in [0.05, 0.1) is 11.5 Å². The van der Waals surface area contributed by atoms with Gasteiger partial charge in [0.25, 0.3) is 0 Å². The molecule has 0 aromatic heterocycles. The molecule has 5 nitrogen and oxygen atoms in total. The molecule has 4 N–H and O–H groups in total. The number of rotatable bonds is 2. The van der Waals surface area contributed by atoms with Gasteiger partial charge in [0.15, 0.2) is 5.11 Å². The van der Waals surface area contributed by atoms with Gasteiger partial charge in [-0.15, -0.1) is 0 Å². The number of thiocarbonyl (C=S) groups is 1. The van der Waals surface area contributed by atoms with Gasteiger partial charge in [0.2, 0.25) is 5.91 Å². The Morgan fingerprint density at radius 3 is 2.75 bits per heavy atom. The second-order valence-electron chi connectivity index (χ2n) is 4.99. The highest BCUT2D eigenvalue weighted by Gasteiger charge is 2.51. The molecule has 2 rings (SSSR count). The lowest BCUT2D eigenvalue weighted by atomic mass is 9.62. The number of amides is 1. The minimum Gasteiger partial charge on any atom is -0.393 e. The van der Waals surface area contributed by atoms with Crippen molar-refractivity contribution < 1.29 is 9.90 Å². The lowest BCUT2D eigenvalue weighted by Gasteiger charge is -2.45. The van der Waals surface area contributed by atoms with Gasteiger partial charge in [-0.25, -0.2) is 0 Å². The number of nitrogens with zero attached hydrogens (tertiary/aromatic N) is 1. The highest BCUT2D eigenvalue weighted by atomic mass is 79.9. The van der Waals surface area contributed by atoms with Crippen LogP contribution in [0.2, 0.25) is 0 Å². The van der Waals surface area contributed by atoms with Crippen molar-refractivity contribution in [2.24, 2.45) is 5.73 Å². The summed E-state index contributed by atoms with van der Waals surface area (Å²) in [4.78, 5) is 12.5. The highest BCUT2D eigenvalue weighted by molar-refractivity contribution is 9.10. The fraction of sp³-hybridized carbons (Fsp3) is 0.385. The molecule has 0 spiro atoms. The van der Waals surface area contributed by atoms with Gasteiger partial charge < -0.3 is 10.8 Å². The van der Waals surface area contributed by atoms with Gasteiger partial charge in [-0.3, -0.25) is 15.2 Å². The van der Waals surface area contributed by atoms with Crippen molar-refractivity contribution in [3.05, 3.63) is 34.3 Å². The Bertz CT molecular complexity index is 546. The zero-order chi connectivity index (χ0) is 14.9. The molecule has 0 bridgehead atoms. The maximum Gasteiger partial charge on any atom is 0.249 e. The second kappa shape index (κ2) is 5.67. The van der Waals surface area contributed by atoms with Crippen LogP contribution in [-0.4, -0.2) is 34.3 Å². The summed E-state index contributed by atoms with van der Waals surface area (Å²) < 4.78 is 0.895. The molecule has 1 fully saturated rings. The number of carbonyl (C=O) groups is 1. The topological polar surface area (TPSA) is 78.6 Å². The van der Waals surface area contributed by atoms with E-state index in [0.717, 1.165) is 10.0 Å². The molecule has 0 unspecified atom stereocenters. The summed E-state index contributed by atoms with van der Waals surface area (Å²) in [6.07, 6.45) is 0.316. The lowest BCUT2D eigenvalue weighted by Crippen LogP contribution is -2.59. The van der Waals surface area contributed by atoms with Crippen molar-refractivity contribution in [2.45, 2.75) is 24.4 Å². The molecule has 1 saturated carbocycles. The Morgan fingerprint density at radius 2 is 2.25 bits per heavy atom. The summed E-state index contributed by atoms with van der Waals surface area (Å²) in [5.74, 6) is -0.212. The first kappa shape index (κ1) is 15.2. The average Bonchev–Trinajstić information content (AvgIpc) is 2.34. The first-order valence-corrected chi connectivity index (χ1v) is 7.33. The number of nitrogens with one attached hydrogen (secondary N) is 1. The fourth-order valence-electron chi connectivity index (χ4n) is 2.40. The number of aliphatic hydroxyl groups excluding tert-OH is 1. The molecule has 0 aliphatic heterocycles. The van der Waals surface area contributed by atoms with Gasteiger partial charge in [0, 0.05) is 11.5 Å². The Kier molecular flexibility index (Phi) is 4.31. The number of carbonyl (C=O) groups excluding carboxylic acids is 1. The third-order valence-corrected chi connectivity index (χ3v) is 4.35. The van der Waals surface area contributed by atoms with Crippen molar-refractivity contribution in [3.8, 4) is 0 Å². The standard InChI is InChI=1S/C13H16BrN3O2S/c1-17(12(15)20)16-11(19)13(6-10(18)7-13)8-3-2-4-9(14)5-8/h2-5,10,18H,6-7H2,1H3,(H2,15,20)(H,16,19). The van der Waals surface area contributed by atoms with E-state index in [4.69, 9.17) is 18.0 Å². The molecular weight excluding hydrogens is 342 g/mol. The molecule has 0 heterocycles. The van der Waals surface area contributed by atoms with E-state index < -0.39 is 11.5 Å². The Balaban J connectivity index is 2.27. The number of hydrogen-bond acceptors (Lipinski definition) is 3. The van der Waals surface area contributed by atoms with E-state index in [9.17, 15) is 9.90 Å². The van der Waals surface area contributed by atoms with Crippen LogP contribution in [0.25, 0.3) is 0 Å². The van der Waals surface area contributed by atoms with Crippen LogP contribution in [0.15, 0.2) is 28.7 Å². The summed E-state index contributed by atoms with van der Waals surface area (Å²) in [5, 5.41) is 11.0. The first-order chi connectivity index (χ1) is 9.35. The summed E-state index contributed by atoms with van der Waals surface area (Å²) in [6, 6.07) is 7.55. The molecular formula is C13H16BrN3O2S. The third kappa shape index (κ3) is 2.79. The normalized spacial score (nSPS) is 24.6. The highest BCUT2D eigenvalue weighted by Crippen LogP contribution is 2.44. The molecule has 0 atom stereocenters. The molecule has 20 heavy (non-hydrogen) atoms. The molecule has 0 radical (unpaired) electrons. The van der Waals surface area contributed by atoms with Crippen LogP contribution in [0.1, 0.15) is 18.4 Å². The SMILES string of the molecule is CN(NC(=O)C1(c2cccc(Br)c2)CC(O)C1)C(N)=S. The van der Waals surface area contributed by atoms with Gasteiger partial charge in [0.1, 0.15) is 0 Å². The summed E-state index contributed by atoms with van der Waals surface area (Å²) in [5.41, 5.74) is 8.26. The summed E-state index contributed by atoms with van der Waals surface area (Å²) in [6.45, 7) is 0. The molecule has 1 aliphatic carbocycles. The van der Waals surface area contributed by atoms with E-state index in [-0.39, 0.29) is 11.0 Å². The van der Waals surface area contributed by atoms with Crippen LogP contribution < -0.4 is 11.2 Å². The summed E-state index contributed by atoms with van der Waals surface area (Å²) >= 11 is 8.21. The van der Waals surface area contributed by atoms with Crippen molar-refractivity contribution in [2.75, 3.05) is 7.05 Å². The smallest absolute Gasteiger partial charge is 0.249 e.